The highest BCUT2D eigenvalue weighted by Crippen LogP contribution is 2.26. The molecule has 0 aromatic carbocycles. The molecule has 1 unspecified atom stereocenters. The number of aromatic nitrogens is 2. The van der Waals surface area contributed by atoms with Gasteiger partial charge in [0.15, 0.2) is 5.82 Å². The first-order chi connectivity index (χ1) is 8.42. The molecule has 2 fully saturated rings. The predicted molar refractivity (Wildman–Crippen MR) is 68.3 cm³/mol. The van der Waals surface area contributed by atoms with Crippen molar-refractivity contribution in [2.24, 2.45) is 5.92 Å². The Kier molecular flexibility index (Phi) is 3.66. The van der Waals surface area contributed by atoms with Crippen molar-refractivity contribution < 1.29 is 4.52 Å². The van der Waals surface area contributed by atoms with Gasteiger partial charge < -0.3 is 9.84 Å². The van der Waals surface area contributed by atoms with Crippen molar-refractivity contribution in [2.45, 2.75) is 31.6 Å². The number of nitrogens with zero attached hydrogens (tertiary/aromatic N) is 2. The Labute approximate surface area is 106 Å². The summed E-state index contributed by atoms with van der Waals surface area (Å²) in [7, 11) is 0. The Hall–Kier alpha value is -0.550. The average Bonchev–Trinajstić information content (AvgIpc) is 3.00. The Morgan fingerprint density at radius 3 is 2.94 bits per heavy atom. The van der Waals surface area contributed by atoms with Gasteiger partial charge in [0, 0.05) is 18.9 Å². The number of thioether (sulfide) groups is 1. The molecule has 1 atom stereocenters. The van der Waals surface area contributed by atoms with Gasteiger partial charge in [0.2, 0.25) is 5.89 Å². The maximum Gasteiger partial charge on any atom is 0.226 e. The zero-order valence-electron chi connectivity index (χ0n) is 10.0. The summed E-state index contributed by atoms with van der Waals surface area (Å²) in [6.45, 7) is 2.08. The molecular formula is C12H19N3OS. The van der Waals surface area contributed by atoms with E-state index in [0.717, 1.165) is 43.6 Å². The van der Waals surface area contributed by atoms with Gasteiger partial charge in [0.25, 0.3) is 0 Å². The van der Waals surface area contributed by atoms with Gasteiger partial charge in [-0.05, 0) is 43.2 Å². The Morgan fingerprint density at radius 1 is 1.29 bits per heavy atom. The first-order valence-corrected chi connectivity index (χ1v) is 7.68. The SMILES string of the molecule is C1CC(c2noc(CC3CCSCC3)n2)CN1. The van der Waals surface area contributed by atoms with Crippen LogP contribution >= 0.6 is 11.8 Å². The largest absolute Gasteiger partial charge is 0.339 e. The highest BCUT2D eigenvalue weighted by atomic mass is 32.2. The third kappa shape index (κ3) is 2.83. The predicted octanol–water partition coefficient (Wildman–Crippen LogP) is 1.83. The molecule has 0 spiro atoms. The number of rotatable bonds is 3. The van der Waals surface area contributed by atoms with E-state index < -0.39 is 0 Å². The van der Waals surface area contributed by atoms with E-state index in [9.17, 15) is 0 Å². The van der Waals surface area contributed by atoms with Crippen LogP contribution in [0.3, 0.4) is 0 Å². The van der Waals surface area contributed by atoms with Crippen LogP contribution in [0.1, 0.15) is 36.9 Å². The van der Waals surface area contributed by atoms with Crippen molar-refractivity contribution in [1.29, 1.82) is 0 Å². The summed E-state index contributed by atoms with van der Waals surface area (Å²) in [6, 6.07) is 0. The van der Waals surface area contributed by atoms with Gasteiger partial charge in [-0.1, -0.05) is 5.16 Å². The Balaban J connectivity index is 1.59. The fraction of sp³-hybridized carbons (Fsp3) is 0.833. The molecule has 1 aromatic rings. The van der Waals surface area contributed by atoms with Crippen LogP contribution in [0, 0.1) is 5.92 Å². The van der Waals surface area contributed by atoms with Crippen molar-refractivity contribution in [1.82, 2.24) is 15.5 Å². The fourth-order valence-electron chi connectivity index (χ4n) is 2.59. The molecule has 0 aliphatic carbocycles. The normalized spacial score (nSPS) is 26.5. The summed E-state index contributed by atoms with van der Waals surface area (Å²) < 4.78 is 5.38. The van der Waals surface area contributed by atoms with Crippen LogP contribution in [0.25, 0.3) is 0 Å². The molecule has 0 saturated carbocycles. The highest BCUT2D eigenvalue weighted by Gasteiger charge is 2.23. The minimum absolute atomic E-state index is 0.467. The lowest BCUT2D eigenvalue weighted by Gasteiger charge is -2.19. The maximum atomic E-state index is 5.38. The molecule has 94 valence electrons. The zero-order valence-corrected chi connectivity index (χ0v) is 10.8. The lowest BCUT2D eigenvalue weighted by Crippen LogP contribution is -2.12. The van der Waals surface area contributed by atoms with E-state index in [-0.39, 0.29) is 0 Å². The molecule has 5 heteroatoms. The minimum Gasteiger partial charge on any atom is -0.339 e. The second kappa shape index (κ2) is 5.40. The quantitative estimate of drug-likeness (QED) is 0.890. The molecule has 2 saturated heterocycles. The molecule has 1 N–H and O–H groups in total. The summed E-state index contributed by atoms with van der Waals surface area (Å²) in [5.74, 6) is 5.57. The third-order valence-electron chi connectivity index (χ3n) is 3.71. The van der Waals surface area contributed by atoms with E-state index in [1.165, 1.54) is 24.3 Å². The molecular weight excluding hydrogens is 234 g/mol. The number of hydrogen-bond acceptors (Lipinski definition) is 5. The van der Waals surface area contributed by atoms with Crippen LogP contribution in [0.5, 0.6) is 0 Å². The van der Waals surface area contributed by atoms with E-state index in [0.29, 0.717) is 5.92 Å². The second-order valence-corrected chi connectivity index (χ2v) is 6.22. The van der Waals surface area contributed by atoms with Crippen molar-refractivity contribution in [3.05, 3.63) is 11.7 Å². The van der Waals surface area contributed by atoms with Gasteiger partial charge in [-0.3, -0.25) is 0 Å². The number of nitrogens with one attached hydrogen (secondary N) is 1. The lowest BCUT2D eigenvalue weighted by molar-refractivity contribution is 0.340. The van der Waals surface area contributed by atoms with Gasteiger partial charge in [-0.2, -0.15) is 16.7 Å². The fourth-order valence-corrected chi connectivity index (χ4v) is 3.79. The first kappa shape index (κ1) is 11.5. The van der Waals surface area contributed by atoms with E-state index in [2.05, 4.69) is 27.2 Å². The summed E-state index contributed by atoms with van der Waals surface area (Å²) in [5, 5.41) is 7.47. The van der Waals surface area contributed by atoms with Crippen molar-refractivity contribution in [2.75, 3.05) is 24.6 Å². The molecule has 0 bridgehead atoms. The molecule has 3 rings (SSSR count). The van der Waals surface area contributed by atoms with Crippen LogP contribution in [-0.2, 0) is 6.42 Å². The van der Waals surface area contributed by atoms with E-state index in [1.54, 1.807) is 0 Å². The summed E-state index contributed by atoms with van der Waals surface area (Å²) in [6.07, 6.45) is 4.72. The van der Waals surface area contributed by atoms with Crippen molar-refractivity contribution in [3.8, 4) is 0 Å². The standard InChI is InChI=1S/C12H19N3OS/c1-4-13-8-10(1)12-14-11(16-15-12)7-9-2-5-17-6-3-9/h9-10,13H,1-8H2. The molecule has 0 radical (unpaired) electrons. The molecule has 4 nitrogen and oxygen atoms in total. The molecule has 2 aliphatic rings. The molecule has 17 heavy (non-hydrogen) atoms. The van der Waals surface area contributed by atoms with Crippen LogP contribution in [-0.4, -0.2) is 34.7 Å². The molecule has 0 amide bonds. The maximum absolute atomic E-state index is 5.38. The van der Waals surface area contributed by atoms with Crippen LogP contribution in [0.2, 0.25) is 0 Å². The minimum atomic E-state index is 0.467. The molecule has 2 aliphatic heterocycles. The van der Waals surface area contributed by atoms with Gasteiger partial charge in [0.1, 0.15) is 0 Å². The second-order valence-electron chi connectivity index (χ2n) is 5.00. The van der Waals surface area contributed by atoms with Gasteiger partial charge in [-0.25, -0.2) is 0 Å². The topological polar surface area (TPSA) is 51.0 Å². The number of hydrogen-bond donors (Lipinski definition) is 1. The van der Waals surface area contributed by atoms with E-state index in [4.69, 9.17) is 4.52 Å². The smallest absolute Gasteiger partial charge is 0.226 e. The zero-order chi connectivity index (χ0) is 11.5. The van der Waals surface area contributed by atoms with Crippen molar-refractivity contribution in [3.63, 3.8) is 0 Å². The third-order valence-corrected chi connectivity index (χ3v) is 4.76. The van der Waals surface area contributed by atoms with Crippen LogP contribution in [0.4, 0.5) is 0 Å². The van der Waals surface area contributed by atoms with Gasteiger partial charge in [-0.15, -0.1) is 0 Å². The highest BCUT2D eigenvalue weighted by molar-refractivity contribution is 7.99. The van der Waals surface area contributed by atoms with Gasteiger partial charge >= 0.3 is 0 Å². The first-order valence-electron chi connectivity index (χ1n) is 6.53. The van der Waals surface area contributed by atoms with E-state index >= 15 is 0 Å². The van der Waals surface area contributed by atoms with E-state index in [1.807, 2.05) is 0 Å². The summed E-state index contributed by atoms with van der Waals surface area (Å²) >= 11 is 2.06. The molecule has 3 heterocycles. The van der Waals surface area contributed by atoms with Crippen molar-refractivity contribution >= 4 is 11.8 Å². The Morgan fingerprint density at radius 2 is 2.18 bits per heavy atom. The summed E-state index contributed by atoms with van der Waals surface area (Å²) in [4.78, 5) is 4.56. The monoisotopic (exact) mass is 253 g/mol. The van der Waals surface area contributed by atoms with Crippen LogP contribution in [0.15, 0.2) is 4.52 Å². The summed E-state index contributed by atoms with van der Waals surface area (Å²) in [5.41, 5.74) is 0. The average molecular weight is 253 g/mol. The lowest BCUT2D eigenvalue weighted by atomic mass is 9.99. The van der Waals surface area contributed by atoms with Crippen LogP contribution < -0.4 is 5.32 Å². The Bertz CT molecular complexity index is 356. The van der Waals surface area contributed by atoms with Gasteiger partial charge in [0.05, 0.1) is 0 Å². The molecule has 1 aromatic heterocycles.